The molecule has 0 aromatic heterocycles. The predicted molar refractivity (Wildman–Crippen MR) is 144 cm³/mol. The van der Waals surface area contributed by atoms with E-state index in [0.29, 0.717) is 21.3 Å². The predicted octanol–water partition coefficient (Wildman–Crippen LogP) is 4.15. The van der Waals surface area contributed by atoms with Gasteiger partial charge in [0.05, 0.1) is 22.0 Å². The molecule has 190 valence electrons. The maximum atomic E-state index is 13.8. The fourth-order valence-electron chi connectivity index (χ4n) is 3.76. The van der Waals surface area contributed by atoms with Crippen molar-refractivity contribution in [3.05, 3.63) is 100 Å². The van der Waals surface area contributed by atoms with Crippen molar-refractivity contribution < 1.29 is 18.0 Å². The van der Waals surface area contributed by atoms with Gasteiger partial charge in [-0.05, 0) is 35.4 Å². The Labute approximate surface area is 221 Å². The minimum Gasteiger partial charge on any atom is -0.357 e. The fourth-order valence-corrected chi connectivity index (χ4v) is 4.93. The summed E-state index contributed by atoms with van der Waals surface area (Å²) >= 11 is 12.3. The molecule has 0 aliphatic carbocycles. The largest absolute Gasteiger partial charge is 0.357 e. The number of carbonyl (C=O) groups excluding carboxylic acids is 2. The molecule has 0 saturated heterocycles. The van der Waals surface area contributed by atoms with E-state index in [1.807, 2.05) is 30.3 Å². The van der Waals surface area contributed by atoms with Gasteiger partial charge in [0, 0.05) is 20.0 Å². The van der Waals surface area contributed by atoms with E-state index in [1.165, 1.54) is 11.9 Å². The van der Waals surface area contributed by atoms with E-state index in [1.54, 1.807) is 48.5 Å². The molecule has 0 aliphatic heterocycles. The highest BCUT2D eigenvalue weighted by atomic mass is 35.5. The first-order valence-corrected chi connectivity index (χ1v) is 13.7. The number of sulfonamides is 1. The first-order chi connectivity index (χ1) is 17.1. The van der Waals surface area contributed by atoms with Crippen molar-refractivity contribution in [3.8, 4) is 0 Å². The van der Waals surface area contributed by atoms with Gasteiger partial charge >= 0.3 is 0 Å². The van der Waals surface area contributed by atoms with Gasteiger partial charge in [0.2, 0.25) is 21.8 Å². The Bertz CT molecular complexity index is 1310. The fraction of sp³-hybridized carbons (Fsp3) is 0.231. The van der Waals surface area contributed by atoms with Gasteiger partial charge in [-0.1, -0.05) is 77.8 Å². The summed E-state index contributed by atoms with van der Waals surface area (Å²) in [4.78, 5) is 28.2. The lowest BCUT2D eigenvalue weighted by Crippen LogP contribution is -2.52. The van der Waals surface area contributed by atoms with Crippen LogP contribution in [0.5, 0.6) is 0 Å². The normalized spacial score (nSPS) is 12.0. The van der Waals surface area contributed by atoms with E-state index in [4.69, 9.17) is 23.2 Å². The number of nitrogens with zero attached hydrogens (tertiary/aromatic N) is 2. The lowest BCUT2D eigenvalue weighted by atomic mass is 10.0. The van der Waals surface area contributed by atoms with Crippen LogP contribution < -0.4 is 9.62 Å². The number of amides is 2. The molecule has 3 aromatic carbocycles. The van der Waals surface area contributed by atoms with E-state index in [0.717, 1.165) is 16.1 Å². The Morgan fingerprint density at radius 1 is 0.889 bits per heavy atom. The van der Waals surface area contributed by atoms with Crippen LogP contribution in [0.1, 0.15) is 11.1 Å². The summed E-state index contributed by atoms with van der Waals surface area (Å²) in [5.74, 6) is -0.919. The summed E-state index contributed by atoms with van der Waals surface area (Å²) < 4.78 is 26.3. The first kappa shape index (κ1) is 27.5. The van der Waals surface area contributed by atoms with Crippen molar-refractivity contribution in [2.45, 2.75) is 19.0 Å². The molecule has 0 unspecified atom stereocenters. The molecule has 10 heteroatoms. The van der Waals surface area contributed by atoms with E-state index < -0.39 is 28.5 Å². The molecule has 0 heterocycles. The van der Waals surface area contributed by atoms with Crippen molar-refractivity contribution in [3.63, 3.8) is 0 Å². The molecule has 0 aliphatic rings. The van der Waals surface area contributed by atoms with E-state index in [2.05, 4.69) is 5.32 Å². The summed E-state index contributed by atoms with van der Waals surface area (Å²) in [6.07, 6.45) is 1.27. The summed E-state index contributed by atoms with van der Waals surface area (Å²) in [6.45, 7) is -0.459. The molecule has 0 saturated carbocycles. The second-order valence-corrected chi connectivity index (χ2v) is 10.9. The van der Waals surface area contributed by atoms with Crippen molar-refractivity contribution >= 4 is 50.7 Å². The molecule has 1 atom stereocenters. The Balaban J connectivity index is 2.03. The molecule has 3 rings (SSSR count). The number of carbonyl (C=O) groups is 2. The average molecular weight is 548 g/mol. The summed E-state index contributed by atoms with van der Waals surface area (Å²) in [5.41, 5.74) is 1.84. The number of rotatable bonds is 10. The smallest absolute Gasteiger partial charge is 0.244 e. The molecule has 0 spiro atoms. The number of hydrogen-bond acceptors (Lipinski definition) is 4. The van der Waals surface area contributed by atoms with Gasteiger partial charge in [0.1, 0.15) is 12.6 Å². The van der Waals surface area contributed by atoms with Crippen molar-refractivity contribution in [2.24, 2.45) is 0 Å². The zero-order chi connectivity index (χ0) is 26.3. The lowest BCUT2D eigenvalue weighted by molar-refractivity contribution is -0.139. The molecule has 2 amide bonds. The van der Waals surface area contributed by atoms with Crippen LogP contribution in [-0.4, -0.2) is 51.0 Å². The number of benzene rings is 3. The van der Waals surface area contributed by atoms with E-state index >= 15 is 0 Å². The average Bonchev–Trinajstić information content (AvgIpc) is 2.86. The Morgan fingerprint density at radius 2 is 1.50 bits per heavy atom. The van der Waals surface area contributed by atoms with Gasteiger partial charge in [-0.25, -0.2) is 8.42 Å². The van der Waals surface area contributed by atoms with Gasteiger partial charge in [-0.2, -0.15) is 0 Å². The van der Waals surface area contributed by atoms with Crippen LogP contribution >= 0.6 is 23.2 Å². The minimum atomic E-state index is -3.80. The maximum absolute atomic E-state index is 13.8. The maximum Gasteiger partial charge on any atom is 0.244 e. The van der Waals surface area contributed by atoms with Crippen LogP contribution in [0, 0.1) is 0 Å². The first-order valence-electron chi connectivity index (χ1n) is 11.1. The van der Waals surface area contributed by atoms with Crippen molar-refractivity contribution in [1.82, 2.24) is 10.2 Å². The highest BCUT2D eigenvalue weighted by Crippen LogP contribution is 2.25. The third-order valence-corrected chi connectivity index (χ3v) is 7.46. The summed E-state index contributed by atoms with van der Waals surface area (Å²) in [7, 11) is -2.30. The SMILES string of the molecule is CNC(=O)[C@H](Cc1ccccc1)N(Cc1ccc(Cl)c(Cl)c1)C(=O)CN(c1ccccc1)S(C)(=O)=O. The Morgan fingerprint density at radius 3 is 2.06 bits per heavy atom. The number of para-hydroxylation sites is 1. The lowest BCUT2D eigenvalue weighted by Gasteiger charge is -2.33. The number of hydrogen-bond donors (Lipinski definition) is 1. The number of halogens is 2. The van der Waals surface area contributed by atoms with Crippen LogP contribution in [0.15, 0.2) is 78.9 Å². The zero-order valence-corrected chi connectivity index (χ0v) is 22.2. The molecule has 1 N–H and O–H groups in total. The highest BCUT2D eigenvalue weighted by Gasteiger charge is 2.32. The van der Waals surface area contributed by atoms with Crippen molar-refractivity contribution in [2.75, 3.05) is 24.2 Å². The molecule has 3 aromatic rings. The second-order valence-electron chi connectivity index (χ2n) is 8.20. The third-order valence-electron chi connectivity index (χ3n) is 5.58. The van der Waals surface area contributed by atoms with Gasteiger partial charge in [0.15, 0.2) is 0 Å². The third kappa shape index (κ3) is 7.22. The van der Waals surface area contributed by atoms with Crippen LogP contribution in [0.2, 0.25) is 10.0 Å². The standard InChI is InChI=1S/C26H27Cl2N3O4S/c1-29-26(33)24(16-19-9-5-3-6-10-19)30(17-20-13-14-22(27)23(28)15-20)25(32)18-31(36(2,34)35)21-11-7-4-8-12-21/h3-15,24H,16-18H2,1-2H3,(H,29,33)/t24-/m0/s1. The molecular weight excluding hydrogens is 521 g/mol. The van der Waals surface area contributed by atoms with Crippen LogP contribution in [0.3, 0.4) is 0 Å². The van der Waals surface area contributed by atoms with Crippen LogP contribution in [-0.2, 0) is 32.6 Å². The second kappa shape index (κ2) is 12.3. The van der Waals surface area contributed by atoms with Gasteiger partial charge in [0.25, 0.3) is 0 Å². The topological polar surface area (TPSA) is 86.8 Å². The van der Waals surface area contributed by atoms with Gasteiger partial charge in [-0.3, -0.25) is 13.9 Å². The van der Waals surface area contributed by atoms with Crippen molar-refractivity contribution in [1.29, 1.82) is 0 Å². The van der Waals surface area contributed by atoms with E-state index in [-0.39, 0.29) is 18.9 Å². The van der Waals surface area contributed by atoms with Gasteiger partial charge < -0.3 is 10.2 Å². The zero-order valence-electron chi connectivity index (χ0n) is 19.9. The summed E-state index contributed by atoms with van der Waals surface area (Å²) in [6, 6.07) is 21.7. The monoisotopic (exact) mass is 547 g/mol. The highest BCUT2D eigenvalue weighted by molar-refractivity contribution is 7.92. The number of anilines is 1. The molecule has 0 radical (unpaired) electrons. The molecular formula is C26H27Cl2N3O4S. The molecule has 36 heavy (non-hydrogen) atoms. The molecule has 7 nitrogen and oxygen atoms in total. The minimum absolute atomic E-state index is 0.0209. The van der Waals surface area contributed by atoms with E-state index in [9.17, 15) is 18.0 Å². The summed E-state index contributed by atoms with van der Waals surface area (Å²) in [5, 5.41) is 3.30. The number of likely N-dealkylation sites (N-methyl/N-ethyl adjacent to an activating group) is 1. The quantitative estimate of drug-likeness (QED) is 0.413. The Kier molecular flexibility index (Phi) is 9.37. The van der Waals surface area contributed by atoms with Crippen LogP contribution in [0.25, 0.3) is 0 Å². The van der Waals surface area contributed by atoms with Crippen LogP contribution in [0.4, 0.5) is 5.69 Å². The van der Waals surface area contributed by atoms with Gasteiger partial charge in [-0.15, -0.1) is 0 Å². The molecule has 0 fully saturated rings. The Hall–Kier alpha value is -3.07. The number of nitrogens with one attached hydrogen (secondary N) is 1. The molecule has 0 bridgehead atoms.